The Kier molecular flexibility index (Phi) is 4.37. The molecule has 0 N–H and O–H groups in total. The highest BCUT2D eigenvalue weighted by Gasteiger charge is 2.27. The van der Waals surface area contributed by atoms with Gasteiger partial charge in [-0.15, -0.1) is 0 Å². The molecular weight excluding hydrogens is 318 g/mol. The highest BCUT2D eigenvalue weighted by Crippen LogP contribution is 2.23. The smallest absolute Gasteiger partial charge is 0.259 e. The van der Waals surface area contributed by atoms with Crippen LogP contribution in [0.5, 0.6) is 5.75 Å². The molecule has 1 aliphatic rings. The number of piperazine rings is 1. The quantitative estimate of drug-likeness (QED) is 0.856. The van der Waals surface area contributed by atoms with Crippen LogP contribution < -0.4 is 9.64 Å². The maximum Gasteiger partial charge on any atom is 0.259 e. The van der Waals surface area contributed by atoms with Gasteiger partial charge in [-0.25, -0.2) is 8.78 Å². The molecule has 2 aromatic rings. The molecule has 1 fully saturated rings. The molecular formula is C16H18F2N4O2. The lowest BCUT2D eigenvalue weighted by Gasteiger charge is -2.35. The molecule has 24 heavy (non-hydrogen) atoms. The molecule has 8 heteroatoms. The number of halogens is 2. The average molecular weight is 336 g/mol. The summed E-state index contributed by atoms with van der Waals surface area (Å²) in [6.45, 7) is 1.94. The Bertz CT molecular complexity index is 731. The van der Waals surface area contributed by atoms with E-state index in [2.05, 4.69) is 10.00 Å². The van der Waals surface area contributed by atoms with E-state index in [1.807, 2.05) is 13.2 Å². The van der Waals surface area contributed by atoms with Crippen LogP contribution in [0.25, 0.3) is 0 Å². The number of benzene rings is 1. The SMILES string of the molecule is COc1cc(F)c(C(=O)N2CCN(c3cnn(C)c3)CC2)c(F)c1. The van der Waals surface area contributed by atoms with Crippen LogP contribution in [-0.2, 0) is 7.05 Å². The molecule has 128 valence electrons. The topological polar surface area (TPSA) is 50.6 Å². The second kappa shape index (κ2) is 6.46. The van der Waals surface area contributed by atoms with E-state index in [0.29, 0.717) is 26.2 Å². The number of hydrogen-bond acceptors (Lipinski definition) is 4. The lowest BCUT2D eigenvalue weighted by atomic mass is 10.1. The molecule has 0 bridgehead atoms. The molecule has 1 aromatic heterocycles. The molecule has 0 spiro atoms. The van der Waals surface area contributed by atoms with Crippen LogP contribution >= 0.6 is 0 Å². The summed E-state index contributed by atoms with van der Waals surface area (Å²) >= 11 is 0. The number of carbonyl (C=O) groups excluding carboxylic acids is 1. The second-order valence-corrected chi connectivity index (χ2v) is 5.62. The summed E-state index contributed by atoms with van der Waals surface area (Å²) in [5.74, 6) is -2.42. The lowest BCUT2D eigenvalue weighted by molar-refractivity contribution is 0.0737. The van der Waals surface area contributed by atoms with Crippen molar-refractivity contribution >= 4 is 11.6 Å². The summed E-state index contributed by atoms with van der Waals surface area (Å²) in [6, 6.07) is 2.03. The largest absolute Gasteiger partial charge is 0.497 e. The van der Waals surface area contributed by atoms with Crippen LogP contribution in [0.1, 0.15) is 10.4 Å². The summed E-state index contributed by atoms with van der Waals surface area (Å²) in [5.41, 5.74) is 0.428. The van der Waals surface area contributed by atoms with Crippen LogP contribution in [0.2, 0.25) is 0 Å². The van der Waals surface area contributed by atoms with E-state index >= 15 is 0 Å². The van der Waals surface area contributed by atoms with Crippen molar-refractivity contribution in [2.24, 2.45) is 7.05 Å². The van der Waals surface area contributed by atoms with Gasteiger partial charge in [0.15, 0.2) is 0 Å². The van der Waals surface area contributed by atoms with Crippen LogP contribution in [0.4, 0.5) is 14.5 Å². The van der Waals surface area contributed by atoms with Crippen molar-refractivity contribution < 1.29 is 18.3 Å². The third-order valence-electron chi connectivity index (χ3n) is 4.09. The van der Waals surface area contributed by atoms with E-state index < -0.39 is 23.1 Å². The van der Waals surface area contributed by atoms with Crippen molar-refractivity contribution in [1.29, 1.82) is 0 Å². The molecule has 0 radical (unpaired) electrons. The first-order valence-electron chi connectivity index (χ1n) is 7.55. The summed E-state index contributed by atoms with van der Waals surface area (Å²) in [6.07, 6.45) is 3.64. The predicted octanol–water partition coefficient (Wildman–Crippen LogP) is 1.67. The van der Waals surface area contributed by atoms with Crippen LogP contribution in [0, 0.1) is 11.6 Å². The van der Waals surface area contributed by atoms with Gasteiger partial charge in [0.25, 0.3) is 5.91 Å². The van der Waals surface area contributed by atoms with Crippen molar-refractivity contribution in [3.05, 3.63) is 41.7 Å². The van der Waals surface area contributed by atoms with E-state index in [0.717, 1.165) is 17.8 Å². The Morgan fingerprint density at radius 2 is 1.79 bits per heavy atom. The van der Waals surface area contributed by atoms with Gasteiger partial charge >= 0.3 is 0 Å². The maximum absolute atomic E-state index is 14.1. The standard InChI is InChI=1S/C16H18F2N4O2/c1-20-10-11(9-19-20)21-3-5-22(6-4-21)16(23)15-13(17)7-12(24-2)8-14(15)18/h7-10H,3-6H2,1-2H3. The van der Waals surface area contributed by atoms with E-state index in [9.17, 15) is 13.6 Å². The van der Waals surface area contributed by atoms with Crippen molar-refractivity contribution in [3.8, 4) is 5.75 Å². The van der Waals surface area contributed by atoms with E-state index in [-0.39, 0.29) is 5.75 Å². The van der Waals surface area contributed by atoms with Gasteiger partial charge in [-0.2, -0.15) is 5.10 Å². The number of nitrogens with zero attached hydrogens (tertiary/aromatic N) is 4. The number of amides is 1. The molecule has 1 saturated heterocycles. The summed E-state index contributed by atoms with van der Waals surface area (Å²) in [4.78, 5) is 16.0. The van der Waals surface area contributed by atoms with Crippen molar-refractivity contribution in [1.82, 2.24) is 14.7 Å². The third kappa shape index (κ3) is 3.04. The molecule has 1 amide bonds. The van der Waals surface area contributed by atoms with Crippen LogP contribution in [0.15, 0.2) is 24.5 Å². The fourth-order valence-electron chi connectivity index (χ4n) is 2.77. The van der Waals surface area contributed by atoms with Crippen LogP contribution in [0.3, 0.4) is 0 Å². The number of aromatic nitrogens is 2. The van der Waals surface area contributed by atoms with Crippen molar-refractivity contribution in [2.45, 2.75) is 0 Å². The molecule has 1 aromatic carbocycles. The van der Waals surface area contributed by atoms with Crippen molar-refractivity contribution in [2.75, 3.05) is 38.2 Å². The van der Waals surface area contributed by atoms with Gasteiger partial charge < -0.3 is 14.5 Å². The minimum Gasteiger partial charge on any atom is -0.497 e. The number of rotatable bonds is 3. The van der Waals surface area contributed by atoms with Gasteiger partial charge in [-0.05, 0) is 0 Å². The van der Waals surface area contributed by atoms with E-state index in [1.54, 1.807) is 10.9 Å². The second-order valence-electron chi connectivity index (χ2n) is 5.62. The van der Waals surface area contributed by atoms with Gasteiger partial charge in [-0.1, -0.05) is 0 Å². The molecule has 6 nitrogen and oxygen atoms in total. The number of anilines is 1. The lowest BCUT2D eigenvalue weighted by Crippen LogP contribution is -2.49. The highest BCUT2D eigenvalue weighted by atomic mass is 19.1. The zero-order valence-corrected chi connectivity index (χ0v) is 13.5. The summed E-state index contributed by atoms with van der Waals surface area (Å²) < 4.78 is 34.6. The fourth-order valence-corrected chi connectivity index (χ4v) is 2.77. The highest BCUT2D eigenvalue weighted by molar-refractivity contribution is 5.95. The third-order valence-corrected chi connectivity index (χ3v) is 4.09. The van der Waals surface area contributed by atoms with E-state index in [1.165, 1.54) is 12.0 Å². The van der Waals surface area contributed by atoms with Crippen molar-refractivity contribution in [3.63, 3.8) is 0 Å². The first-order valence-corrected chi connectivity index (χ1v) is 7.55. The van der Waals surface area contributed by atoms with Gasteiger partial charge in [0, 0.05) is 51.6 Å². The van der Waals surface area contributed by atoms with Gasteiger partial charge in [-0.3, -0.25) is 9.48 Å². The number of aryl methyl sites for hydroxylation is 1. The number of methoxy groups -OCH3 is 1. The normalized spacial score (nSPS) is 14.8. The Hall–Kier alpha value is -2.64. The average Bonchev–Trinajstić information content (AvgIpc) is 3.00. The maximum atomic E-state index is 14.1. The Morgan fingerprint density at radius 1 is 1.17 bits per heavy atom. The summed E-state index contributed by atoms with van der Waals surface area (Å²) in [5, 5.41) is 4.12. The Labute approximate surface area is 138 Å². The number of carbonyl (C=O) groups is 1. The minimum atomic E-state index is -0.911. The number of ether oxygens (including phenoxy) is 1. The Morgan fingerprint density at radius 3 is 2.29 bits per heavy atom. The molecule has 0 unspecified atom stereocenters. The molecule has 0 aliphatic carbocycles. The first-order chi connectivity index (χ1) is 11.5. The fraction of sp³-hybridized carbons (Fsp3) is 0.375. The van der Waals surface area contributed by atoms with Crippen LogP contribution in [-0.4, -0.2) is 53.9 Å². The summed E-state index contributed by atoms with van der Waals surface area (Å²) in [7, 11) is 3.14. The zero-order chi connectivity index (χ0) is 17.3. The van der Waals surface area contributed by atoms with Gasteiger partial charge in [0.2, 0.25) is 0 Å². The first kappa shape index (κ1) is 16.2. The zero-order valence-electron chi connectivity index (χ0n) is 13.5. The van der Waals surface area contributed by atoms with Gasteiger partial charge in [0.1, 0.15) is 22.9 Å². The Balaban J connectivity index is 1.71. The predicted molar refractivity (Wildman–Crippen MR) is 84.2 cm³/mol. The molecule has 0 atom stereocenters. The molecule has 1 aliphatic heterocycles. The van der Waals surface area contributed by atoms with Gasteiger partial charge in [0.05, 0.1) is 19.0 Å². The number of hydrogen-bond donors (Lipinski definition) is 0. The minimum absolute atomic E-state index is 0.0444. The molecule has 0 saturated carbocycles. The monoisotopic (exact) mass is 336 g/mol. The molecule has 2 heterocycles. The molecule has 3 rings (SSSR count). The van der Waals surface area contributed by atoms with E-state index in [4.69, 9.17) is 4.74 Å².